The molecule has 17 heavy (non-hydrogen) atoms. The van der Waals surface area contributed by atoms with Gasteiger partial charge in [-0.05, 0) is 29.7 Å². The number of rotatable bonds is 7. The zero-order valence-electron chi connectivity index (χ0n) is 10.1. The zero-order chi connectivity index (χ0) is 12.9. The number of alkyl halides is 1. The van der Waals surface area contributed by atoms with Crippen molar-refractivity contribution in [3.8, 4) is 0 Å². The molecule has 3 nitrogen and oxygen atoms in total. The molecule has 0 aliphatic rings. The van der Waals surface area contributed by atoms with Crippen LogP contribution in [-0.2, 0) is 10.0 Å². The molecule has 0 fully saturated rings. The first-order chi connectivity index (χ1) is 7.87. The van der Waals surface area contributed by atoms with E-state index < -0.39 is 10.0 Å². The van der Waals surface area contributed by atoms with Crippen LogP contribution in [-0.4, -0.2) is 20.8 Å². The van der Waals surface area contributed by atoms with Crippen LogP contribution < -0.4 is 4.72 Å². The van der Waals surface area contributed by atoms with Crippen LogP contribution in [0.15, 0.2) is 21.7 Å². The molecule has 0 spiro atoms. The molecule has 0 bridgehead atoms. The van der Waals surface area contributed by atoms with Gasteiger partial charge in [0.05, 0.1) is 0 Å². The summed E-state index contributed by atoms with van der Waals surface area (Å²) in [5.74, 6) is 0.612. The van der Waals surface area contributed by atoms with E-state index in [1.807, 2.05) is 13.8 Å². The van der Waals surface area contributed by atoms with Crippen LogP contribution in [0.25, 0.3) is 0 Å². The lowest BCUT2D eigenvalue weighted by molar-refractivity contribution is 0.331. The average molecular weight is 296 g/mol. The number of nitrogens with one attached hydrogen (secondary N) is 1. The predicted octanol–water partition coefficient (Wildman–Crippen LogP) is 3.07. The van der Waals surface area contributed by atoms with E-state index in [0.717, 1.165) is 12.8 Å². The minimum Gasteiger partial charge on any atom is -0.210 e. The monoisotopic (exact) mass is 295 g/mol. The highest BCUT2D eigenvalue weighted by Gasteiger charge is 2.22. The highest BCUT2D eigenvalue weighted by atomic mass is 35.5. The molecular formula is C11H18ClNO2S2. The number of halogens is 1. The van der Waals surface area contributed by atoms with Crippen molar-refractivity contribution in [2.75, 3.05) is 12.4 Å². The van der Waals surface area contributed by atoms with Crippen molar-refractivity contribution >= 4 is 33.0 Å². The van der Waals surface area contributed by atoms with Crippen LogP contribution in [0.4, 0.5) is 0 Å². The van der Waals surface area contributed by atoms with Crippen molar-refractivity contribution in [1.29, 1.82) is 0 Å². The SMILES string of the molecule is CC(C)(CCCCl)CNS(=O)(=O)c1cccs1. The van der Waals surface area contributed by atoms with E-state index in [4.69, 9.17) is 11.6 Å². The number of hydrogen-bond acceptors (Lipinski definition) is 3. The molecule has 0 aromatic carbocycles. The lowest BCUT2D eigenvalue weighted by Crippen LogP contribution is -2.33. The Balaban J connectivity index is 2.56. The third-order valence-electron chi connectivity index (χ3n) is 2.49. The average Bonchev–Trinajstić information content (AvgIpc) is 2.78. The van der Waals surface area contributed by atoms with Crippen LogP contribution in [0, 0.1) is 5.41 Å². The molecule has 6 heteroatoms. The summed E-state index contributed by atoms with van der Waals surface area (Å²) in [4.78, 5) is 0. The molecule has 98 valence electrons. The van der Waals surface area contributed by atoms with E-state index in [0.29, 0.717) is 16.6 Å². The molecular weight excluding hydrogens is 278 g/mol. The Kier molecular flexibility index (Phi) is 5.44. The minimum atomic E-state index is -3.34. The maximum absolute atomic E-state index is 11.9. The Morgan fingerprint density at radius 1 is 1.47 bits per heavy atom. The second-order valence-electron chi connectivity index (χ2n) is 4.71. The van der Waals surface area contributed by atoms with E-state index in [2.05, 4.69) is 4.72 Å². The summed E-state index contributed by atoms with van der Waals surface area (Å²) in [5, 5.41) is 1.76. The Morgan fingerprint density at radius 2 is 2.18 bits per heavy atom. The number of hydrogen-bond donors (Lipinski definition) is 1. The Labute approximate surface area is 112 Å². The molecule has 0 unspecified atom stereocenters. The van der Waals surface area contributed by atoms with Gasteiger partial charge in [-0.15, -0.1) is 22.9 Å². The molecule has 0 saturated heterocycles. The lowest BCUT2D eigenvalue weighted by Gasteiger charge is -2.24. The standard InChI is InChI=1S/C11H18ClNO2S2/c1-11(2,6-4-7-12)9-13-17(14,15)10-5-3-8-16-10/h3,5,8,13H,4,6-7,9H2,1-2H3. The van der Waals surface area contributed by atoms with Crippen molar-refractivity contribution in [1.82, 2.24) is 4.72 Å². The van der Waals surface area contributed by atoms with Gasteiger partial charge in [-0.2, -0.15) is 0 Å². The van der Waals surface area contributed by atoms with E-state index in [1.165, 1.54) is 11.3 Å². The molecule has 1 aromatic rings. The summed E-state index contributed by atoms with van der Waals surface area (Å²) in [7, 11) is -3.34. The first-order valence-electron chi connectivity index (χ1n) is 5.46. The van der Waals surface area contributed by atoms with E-state index in [9.17, 15) is 8.42 Å². The largest absolute Gasteiger partial charge is 0.250 e. The first kappa shape index (κ1) is 15.0. The highest BCUT2D eigenvalue weighted by Crippen LogP contribution is 2.23. The van der Waals surface area contributed by atoms with Gasteiger partial charge in [-0.25, -0.2) is 13.1 Å². The maximum atomic E-state index is 11.9. The lowest BCUT2D eigenvalue weighted by atomic mass is 9.88. The topological polar surface area (TPSA) is 46.2 Å². The first-order valence-corrected chi connectivity index (χ1v) is 8.36. The second-order valence-corrected chi connectivity index (χ2v) is 8.03. The summed E-state index contributed by atoms with van der Waals surface area (Å²) in [5.41, 5.74) is -0.0702. The summed E-state index contributed by atoms with van der Waals surface area (Å²) in [6, 6.07) is 3.34. The fraction of sp³-hybridized carbons (Fsp3) is 0.636. The molecule has 0 atom stereocenters. The summed E-state index contributed by atoms with van der Waals surface area (Å²) < 4.78 is 26.8. The van der Waals surface area contributed by atoms with Gasteiger partial charge in [0, 0.05) is 12.4 Å². The van der Waals surface area contributed by atoms with Crippen molar-refractivity contribution in [3.63, 3.8) is 0 Å². The van der Waals surface area contributed by atoms with Crippen LogP contribution in [0.5, 0.6) is 0 Å². The number of thiophene rings is 1. The smallest absolute Gasteiger partial charge is 0.210 e. The number of sulfonamides is 1. The third-order valence-corrected chi connectivity index (χ3v) is 5.55. The van der Waals surface area contributed by atoms with Crippen molar-refractivity contribution in [2.24, 2.45) is 5.41 Å². The molecule has 0 aliphatic carbocycles. The molecule has 0 amide bonds. The van der Waals surface area contributed by atoms with Gasteiger partial charge in [0.15, 0.2) is 0 Å². The van der Waals surface area contributed by atoms with Crippen LogP contribution in [0.3, 0.4) is 0 Å². The Morgan fingerprint density at radius 3 is 2.71 bits per heavy atom. The van der Waals surface area contributed by atoms with Crippen molar-refractivity contribution in [3.05, 3.63) is 17.5 Å². The normalized spacial score (nSPS) is 12.9. The van der Waals surface area contributed by atoms with E-state index >= 15 is 0 Å². The Hall–Kier alpha value is -0.100. The Bertz CT molecular complexity index is 426. The van der Waals surface area contributed by atoms with Gasteiger partial charge in [-0.3, -0.25) is 0 Å². The summed E-state index contributed by atoms with van der Waals surface area (Å²) in [6.45, 7) is 4.51. The molecule has 1 heterocycles. The van der Waals surface area contributed by atoms with E-state index in [-0.39, 0.29) is 5.41 Å². The fourth-order valence-corrected chi connectivity index (χ4v) is 3.82. The maximum Gasteiger partial charge on any atom is 0.250 e. The molecule has 0 radical (unpaired) electrons. The van der Waals surface area contributed by atoms with Gasteiger partial charge in [0.1, 0.15) is 4.21 Å². The van der Waals surface area contributed by atoms with Gasteiger partial charge in [0.25, 0.3) is 0 Å². The highest BCUT2D eigenvalue weighted by molar-refractivity contribution is 7.91. The molecule has 0 saturated carbocycles. The zero-order valence-corrected chi connectivity index (χ0v) is 12.5. The van der Waals surface area contributed by atoms with Crippen molar-refractivity contribution in [2.45, 2.75) is 30.9 Å². The van der Waals surface area contributed by atoms with E-state index in [1.54, 1.807) is 17.5 Å². The second kappa shape index (κ2) is 6.18. The third kappa shape index (κ3) is 4.95. The molecule has 0 aliphatic heterocycles. The van der Waals surface area contributed by atoms with Crippen LogP contribution in [0.1, 0.15) is 26.7 Å². The summed E-state index contributed by atoms with van der Waals surface area (Å²) >= 11 is 6.87. The summed E-state index contributed by atoms with van der Waals surface area (Å²) in [6.07, 6.45) is 1.80. The quantitative estimate of drug-likeness (QED) is 0.786. The predicted molar refractivity (Wildman–Crippen MR) is 73.2 cm³/mol. The van der Waals surface area contributed by atoms with Gasteiger partial charge < -0.3 is 0 Å². The molecule has 1 aromatic heterocycles. The molecule has 1 rings (SSSR count). The minimum absolute atomic E-state index is 0.0702. The fourth-order valence-electron chi connectivity index (χ4n) is 1.41. The van der Waals surface area contributed by atoms with Crippen LogP contribution in [0.2, 0.25) is 0 Å². The molecule has 1 N–H and O–H groups in total. The van der Waals surface area contributed by atoms with Crippen molar-refractivity contribution < 1.29 is 8.42 Å². The van der Waals surface area contributed by atoms with Gasteiger partial charge in [-0.1, -0.05) is 19.9 Å². The van der Waals surface area contributed by atoms with Gasteiger partial charge in [0.2, 0.25) is 10.0 Å². The van der Waals surface area contributed by atoms with Gasteiger partial charge >= 0.3 is 0 Å². The van der Waals surface area contributed by atoms with Crippen LogP contribution >= 0.6 is 22.9 Å².